The summed E-state index contributed by atoms with van der Waals surface area (Å²) in [6.07, 6.45) is 7.73. The standard InChI is InChI=1S/C15H26N2O3/c1-10(14(18)19)9-17(2)15(20)16-13-8-12(13)11-6-4-3-5-7-11/h10-13H,3-9H2,1-2H3,(H,16,20)(H,18,19). The second-order valence-corrected chi connectivity index (χ2v) is 6.47. The Morgan fingerprint density at radius 1 is 1.30 bits per heavy atom. The molecule has 2 fully saturated rings. The molecular formula is C15H26N2O3. The zero-order valence-electron chi connectivity index (χ0n) is 12.5. The largest absolute Gasteiger partial charge is 0.481 e. The second kappa shape index (κ2) is 6.46. The summed E-state index contributed by atoms with van der Waals surface area (Å²) in [7, 11) is 1.66. The van der Waals surface area contributed by atoms with Gasteiger partial charge in [0.1, 0.15) is 0 Å². The molecule has 0 bridgehead atoms. The summed E-state index contributed by atoms with van der Waals surface area (Å²) in [5, 5.41) is 11.9. The van der Waals surface area contributed by atoms with E-state index in [1.807, 2.05) is 0 Å². The van der Waals surface area contributed by atoms with Gasteiger partial charge in [-0.3, -0.25) is 4.79 Å². The van der Waals surface area contributed by atoms with Crippen molar-refractivity contribution in [2.24, 2.45) is 17.8 Å². The number of nitrogens with one attached hydrogen (secondary N) is 1. The summed E-state index contributed by atoms with van der Waals surface area (Å²) < 4.78 is 0. The maximum atomic E-state index is 12.0. The van der Waals surface area contributed by atoms with E-state index in [-0.39, 0.29) is 12.6 Å². The molecule has 2 amide bonds. The van der Waals surface area contributed by atoms with Crippen molar-refractivity contribution in [3.63, 3.8) is 0 Å². The number of urea groups is 1. The van der Waals surface area contributed by atoms with Gasteiger partial charge in [0, 0.05) is 19.6 Å². The lowest BCUT2D eigenvalue weighted by Crippen LogP contribution is -2.42. The first-order chi connectivity index (χ1) is 9.49. The van der Waals surface area contributed by atoms with E-state index in [0.717, 1.165) is 12.3 Å². The van der Waals surface area contributed by atoms with Crippen molar-refractivity contribution in [1.29, 1.82) is 0 Å². The normalized spacial score (nSPS) is 27.7. The quantitative estimate of drug-likeness (QED) is 0.813. The number of hydrogen-bond donors (Lipinski definition) is 2. The van der Waals surface area contributed by atoms with E-state index >= 15 is 0 Å². The summed E-state index contributed by atoms with van der Waals surface area (Å²) in [6.45, 7) is 1.87. The van der Waals surface area contributed by atoms with Crippen molar-refractivity contribution < 1.29 is 14.7 Å². The molecule has 20 heavy (non-hydrogen) atoms. The Morgan fingerprint density at radius 2 is 1.95 bits per heavy atom. The highest BCUT2D eigenvalue weighted by Gasteiger charge is 2.44. The van der Waals surface area contributed by atoms with Crippen molar-refractivity contribution in [3.8, 4) is 0 Å². The summed E-state index contributed by atoms with van der Waals surface area (Å²) in [4.78, 5) is 24.3. The fraction of sp³-hybridized carbons (Fsp3) is 0.867. The van der Waals surface area contributed by atoms with Crippen LogP contribution < -0.4 is 5.32 Å². The minimum atomic E-state index is -0.865. The van der Waals surface area contributed by atoms with Crippen molar-refractivity contribution in [1.82, 2.24) is 10.2 Å². The zero-order chi connectivity index (χ0) is 14.7. The average molecular weight is 282 g/mol. The van der Waals surface area contributed by atoms with Gasteiger partial charge in [-0.05, 0) is 18.3 Å². The molecule has 5 nitrogen and oxygen atoms in total. The molecule has 0 spiro atoms. The molecule has 2 aliphatic rings. The van der Waals surface area contributed by atoms with Gasteiger partial charge in [0.05, 0.1) is 5.92 Å². The minimum absolute atomic E-state index is 0.138. The number of amides is 2. The zero-order valence-corrected chi connectivity index (χ0v) is 12.5. The lowest BCUT2D eigenvalue weighted by molar-refractivity contribution is -0.141. The number of carboxylic acid groups (broad SMARTS) is 1. The fourth-order valence-corrected chi connectivity index (χ4v) is 3.30. The third-order valence-electron chi connectivity index (χ3n) is 4.72. The van der Waals surface area contributed by atoms with Crippen LogP contribution in [-0.4, -0.2) is 41.6 Å². The number of rotatable bonds is 5. The minimum Gasteiger partial charge on any atom is -0.481 e. The highest BCUT2D eigenvalue weighted by atomic mass is 16.4. The Labute approximate surface area is 120 Å². The molecule has 0 aromatic heterocycles. The van der Waals surface area contributed by atoms with Gasteiger partial charge in [-0.1, -0.05) is 39.0 Å². The van der Waals surface area contributed by atoms with Gasteiger partial charge in [-0.15, -0.1) is 0 Å². The summed E-state index contributed by atoms with van der Waals surface area (Å²) >= 11 is 0. The third-order valence-corrected chi connectivity index (χ3v) is 4.72. The van der Waals surface area contributed by atoms with Gasteiger partial charge in [-0.25, -0.2) is 4.79 Å². The number of aliphatic carboxylic acids is 1. The van der Waals surface area contributed by atoms with Gasteiger partial charge in [0.25, 0.3) is 0 Å². The van der Waals surface area contributed by atoms with Crippen LogP contribution in [0, 0.1) is 17.8 Å². The highest BCUT2D eigenvalue weighted by molar-refractivity contribution is 5.76. The molecule has 2 N–H and O–H groups in total. The smallest absolute Gasteiger partial charge is 0.317 e. The lowest BCUT2D eigenvalue weighted by Gasteiger charge is -2.23. The Bertz CT molecular complexity index is 366. The average Bonchev–Trinajstić information content (AvgIpc) is 3.18. The summed E-state index contributed by atoms with van der Waals surface area (Å²) in [5.74, 6) is 0.0529. The van der Waals surface area contributed by atoms with E-state index in [0.29, 0.717) is 12.0 Å². The molecule has 0 heterocycles. The number of hydrogen-bond acceptors (Lipinski definition) is 2. The third kappa shape index (κ3) is 3.87. The van der Waals surface area contributed by atoms with Crippen LogP contribution in [0.2, 0.25) is 0 Å². The molecule has 3 atom stereocenters. The molecule has 2 saturated carbocycles. The van der Waals surface area contributed by atoms with Crippen LogP contribution in [0.5, 0.6) is 0 Å². The van der Waals surface area contributed by atoms with E-state index in [1.54, 1.807) is 14.0 Å². The number of carboxylic acids is 1. The maximum Gasteiger partial charge on any atom is 0.317 e. The molecule has 2 aliphatic carbocycles. The van der Waals surface area contributed by atoms with Crippen molar-refractivity contribution in [2.45, 2.75) is 51.5 Å². The Hall–Kier alpha value is -1.26. The fourth-order valence-electron chi connectivity index (χ4n) is 3.30. The number of carbonyl (C=O) groups excluding carboxylic acids is 1. The lowest BCUT2D eigenvalue weighted by atomic mass is 9.85. The Balaban J connectivity index is 1.71. The van der Waals surface area contributed by atoms with E-state index < -0.39 is 11.9 Å². The van der Waals surface area contributed by atoms with E-state index in [2.05, 4.69) is 5.32 Å². The van der Waals surface area contributed by atoms with Crippen LogP contribution in [-0.2, 0) is 4.79 Å². The predicted octanol–water partition coefficient (Wildman–Crippen LogP) is 2.32. The SMILES string of the molecule is CC(CN(C)C(=O)NC1CC1C1CCCCC1)C(=O)O. The van der Waals surface area contributed by atoms with Crippen LogP contribution in [0.3, 0.4) is 0 Å². The van der Waals surface area contributed by atoms with Crippen LogP contribution in [0.4, 0.5) is 4.79 Å². The Kier molecular flexibility index (Phi) is 4.89. The van der Waals surface area contributed by atoms with E-state index in [9.17, 15) is 9.59 Å². The summed E-state index contributed by atoms with van der Waals surface area (Å²) in [6, 6.07) is 0.176. The molecule has 0 aromatic carbocycles. The molecule has 2 rings (SSSR count). The van der Waals surface area contributed by atoms with E-state index in [4.69, 9.17) is 5.11 Å². The molecule has 114 valence electrons. The maximum absolute atomic E-state index is 12.0. The van der Waals surface area contributed by atoms with Crippen LogP contribution in [0.15, 0.2) is 0 Å². The first-order valence-corrected chi connectivity index (χ1v) is 7.73. The van der Waals surface area contributed by atoms with Crippen molar-refractivity contribution in [3.05, 3.63) is 0 Å². The van der Waals surface area contributed by atoms with Gasteiger partial charge < -0.3 is 15.3 Å². The molecule has 3 unspecified atom stereocenters. The van der Waals surface area contributed by atoms with Crippen molar-refractivity contribution in [2.75, 3.05) is 13.6 Å². The molecular weight excluding hydrogens is 256 g/mol. The number of carbonyl (C=O) groups is 2. The van der Waals surface area contributed by atoms with Gasteiger partial charge in [0.15, 0.2) is 0 Å². The summed E-state index contributed by atoms with van der Waals surface area (Å²) in [5.41, 5.74) is 0. The highest BCUT2D eigenvalue weighted by Crippen LogP contribution is 2.44. The van der Waals surface area contributed by atoms with Gasteiger partial charge in [0.2, 0.25) is 0 Å². The Morgan fingerprint density at radius 3 is 2.55 bits per heavy atom. The molecule has 0 aliphatic heterocycles. The number of nitrogens with zero attached hydrogens (tertiary/aromatic N) is 1. The first kappa shape index (κ1) is 15.1. The molecule has 0 saturated heterocycles. The topological polar surface area (TPSA) is 69.6 Å². The monoisotopic (exact) mass is 282 g/mol. The molecule has 0 aromatic rings. The van der Waals surface area contributed by atoms with Crippen LogP contribution in [0.1, 0.15) is 45.4 Å². The van der Waals surface area contributed by atoms with Gasteiger partial charge >= 0.3 is 12.0 Å². The van der Waals surface area contributed by atoms with Crippen LogP contribution in [0.25, 0.3) is 0 Å². The van der Waals surface area contributed by atoms with E-state index in [1.165, 1.54) is 37.0 Å². The van der Waals surface area contributed by atoms with Crippen LogP contribution >= 0.6 is 0 Å². The first-order valence-electron chi connectivity index (χ1n) is 7.73. The van der Waals surface area contributed by atoms with Crippen molar-refractivity contribution >= 4 is 12.0 Å². The molecule has 5 heteroatoms. The molecule has 0 radical (unpaired) electrons. The van der Waals surface area contributed by atoms with Gasteiger partial charge in [-0.2, -0.15) is 0 Å². The second-order valence-electron chi connectivity index (χ2n) is 6.47. The predicted molar refractivity (Wildman–Crippen MR) is 76.4 cm³/mol.